The van der Waals surface area contributed by atoms with E-state index >= 15 is 0 Å². The summed E-state index contributed by atoms with van der Waals surface area (Å²) in [5.41, 5.74) is 0. The predicted molar refractivity (Wildman–Crippen MR) is 59.0 cm³/mol. The lowest BCUT2D eigenvalue weighted by molar-refractivity contribution is 0.468. The molecule has 0 aromatic carbocycles. The predicted octanol–water partition coefficient (Wildman–Crippen LogP) is 1.79. The van der Waals surface area contributed by atoms with Gasteiger partial charge in [-0.15, -0.1) is 10.2 Å². The molecule has 0 aliphatic rings. The maximum atomic E-state index is 5.47. The Bertz CT molecular complexity index is 448. The Balaban J connectivity index is 2.02. The molecule has 86 valence electrons. The van der Waals surface area contributed by atoms with Crippen LogP contribution >= 0.6 is 0 Å². The fourth-order valence-corrected chi connectivity index (χ4v) is 1.38. The Kier molecular flexibility index (Phi) is 3.36. The SMILES string of the molecule is CCNCCc1nnc(-c2ccc(C)o2)o1. The highest BCUT2D eigenvalue weighted by Crippen LogP contribution is 2.20. The number of likely N-dealkylation sites (N-methyl/N-ethyl adjacent to an activating group) is 1. The Hall–Kier alpha value is -1.62. The van der Waals surface area contributed by atoms with Crippen molar-refractivity contribution in [3.63, 3.8) is 0 Å². The van der Waals surface area contributed by atoms with Crippen molar-refractivity contribution in [2.45, 2.75) is 20.3 Å². The summed E-state index contributed by atoms with van der Waals surface area (Å²) in [6, 6.07) is 3.70. The molecule has 0 atom stereocenters. The number of hydrogen-bond acceptors (Lipinski definition) is 5. The van der Waals surface area contributed by atoms with E-state index in [1.807, 2.05) is 19.1 Å². The quantitative estimate of drug-likeness (QED) is 0.780. The first kappa shape index (κ1) is 10.9. The summed E-state index contributed by atoms with van der Waals surface area (Å²) in [7, 11) is 0. The molecule has 0 unspecified atom stereocenters. The number of nitrogens with zero attached hydrogens (tertiary/aromatic N) is 2. The fourth-order valence-electron chi connectivity index (χ4n) is 1.38. The molecule has 5 heteroatoms. The van der Waals surface area contributed by atoms with Crippen LogP contribution in [-0.4, -0.2) is 23.3 Å². The van der Waals surface area contributed by atoms with Gasteiger partial charge in [0.25, 0.3) is 5.89 Å². The van der Waals surface area contributed by atoms with Gasteiger partial charge < -0.3 is 14.2 Å². The van der Waals surface area contributed by atoms with E-state index < -0.39 is 0 Å². The van der Waals surface area contributed by atoms with Crippen molar-refractivity contribution in [2.75, 3.05) is 13.1 Å². The molecule has 2 rings (SSSR count). The zero-order chi connectivity index (χ0) is 11.4. The second-order valence-electron chi connectivity index (χ2n) is 3.51. The van der Waals surface area contributed by atoms with E-state index in [9.17, 15) is 0 Å². The first-order chi connectivity index (χ1) is 7.79. The summed E-state index contributed by atoms with van der Waals surface area (Å²) >= 11 is 0. The Morgan fingerprint density at radius 1 is 1.25 bits per heavy atom. The second-order valence-corrected chi connectivity index (χ2v) is 3.51. The van der Waals surface area contributed by atoms with Gasteiger partial charge in [0.05, 0.1) is 0 Å². The van der Waals surface area contributed by atoms with Crippen LogP contribution < -0.4 is 5.32 Å². The number of furan rings is 1. The van der Waals surface area contributed by atoms with Gasteiger partial charge in [-0.25, -0.2) is 0 Å². The smallest absolute Gasteiger partial charge is 0.283 e. The van der Waals surface area contributed by atoms with Crippen LogP contribution in [-0.2, 0) is 6.42 Å². The molecule has 0 fully saturated rings. The van der Waals surface area contributed by atoms with Crippen LogP contribution in [0.15, 0.2) is 21.0 Å². The van der Waals surface area contributed by atoms with Gasteiger partial charge >= 0.3 is 0 Å². The van der Waals surface area contributed by atoms with Gasteiger partial charge in [-0.05, 0) is 25.6 Å². The van der Waals surface area contributed by atoms with E-state index in [2.05, 4.69) is 22.4 Å². The first-order valence-corrected chi connectivity index (χ1v) is 5.39. The number of hydrogen-bond donors (Lipinski definition) is 1. The summed E-state index contributed by atoms with van der Waals surface area (Å²) in [6.45, 7) is 5.73. The Morgan fingerprint density at radius 3 is 2.81 bits per heavy atom. The van der Waals surface area contributed by atoms with Crippen LogP contribution in [0.5, 0.6) is 0 Å². The third-order valence-corrected chi connectivity index (χ3v) is 2.18. The van der Waals surface area contributed by atoms with E-state index in [0.717, 1.165) is 25.3 Å². The third-order valence-electron chi connectivity index (χ3n) is 2.18. The molecule has 2 aromatic rings. The molecule has 2 aromatic heterocycles. The number of aryl methyl sites for hydroxylation is 1. The van der Waals surface area contributed by atoms with Gasteiger partial charge in [0.15, 0.2) is 5.76 Å². The molecule has 0 saturated heterocycles. The van der Waals surface area contributed by atoms with Gasteiger partial charge in [0.1, 0.15) is 5.76 Å². The Labute approximate surface area is 93.9 Å². The highest BCUT2D eigenvalue weighted by atomic mass is 16.4. The van der Waals surface area contributed by atoms with Crippen molar-refractivity contribution in [3.8, 4) is 11.7 Å². The van der Waals surface area contributed by atoms with E-state index in [-0.39, 0.29) is 0 Å². The molecule has 0 bridgehead atoms. The summed E-state index contributed by atoms with van der Waals surface area (Å²) in [4.78, 5) is 0. The van der Waals surface area contributed by atoms with Crippen LogP contribution in [0.4, 0.5) is 0 Å². The molecule has 0 amide bonds. The van der Waals surface area contributed by atoms with E-state index in [0.29, 0.717) is 17.5 Å². The van der Waals surface area contributed by atoms with Gasteiger partial charge in [0, 0.05) is 13.0 Å². The van der Waals surface area contributed by atoms with Crippen LogP contribution in [0.3, 0.4) is 0 Å². The molecule has 0 aliphatic carbocycles. The Morgan fingerprint density at radius 2 is 2.12 bits per heavy atom. The average Bonchev–Trinajstić information content (AvgIpc) is 2.87. The molecule has 2 heterocycles. The monoisotopic (exact) mass is 221 g/mol. The van der Waals surface area contributed by atoms with Crippen LogP contribution in [0, 0.1) is 6.92 Å². The van der Waals surface area contributed by atoms with Crippen molar-refractivity contribution in [1.82, 2.24) is 15.5 Å². The molecule has 0 saturated carbocycles. The minimum absolute atomic E-state index is 0.444. The summed E-state index contributed by atoms with van der Waals surface area (Å²) in [6.07, 6.45) is 0.737. The molecular weight excluding hydrogens is 206 g/mol. The zero-order valence-corrected chi connectivity index (χ0v) is 9.49. The second kappa shape index (κ2) is 4.94. The molecule has 0 spiro atoms. The first-order valence-electron chi connectivity index (χ1n) is 5.39. The largest absolute Gasteiger partial charge is 0.456 e. The maximum Gasteiger partial charge on any atom is 0.283 e. The average molecular weight is 221 g/mol. The minimum Gasteiger partial charge on any atom is -0.456 e. The number of aromatic nitrogens is 2. The lowest BCUT2D eigenvalue weighted by Crippen LogP contribution is -2.16. The number of rotatable bonds is 5. The van der Waals surface area contributed by atoms with Crippen molar-refractivity contribution >= 4 is 0 Å². The standard InChI is InChI=1S/C11H15N3O2/c1-3-12-7-6-10-13-14-11(16-10)9-5-4-8(2)15-9/h4-5,12H,3,6-7H2,1-2H3. The molecule has 5 nitrogen and oxygen atoms in total. The van der Waals surface area contributed by atoms with E-state index in [1.54, 1.807) is 0 Å². The van der Waals surface area contributed by atoms with Gasteiger partial charge in [-0.1, -0.05) is 6.92 Å². The van der Waals surface area contributed by atoms with Crippen molar-refractivity contribution in [2.24, 2.45) is 0 Å². The summed E-state index contributed by atoms with van der Waals surface area (Å²) < 4.78 is 10.9. The van der Waals surface area contributed by atoms with E-state index in [1.165, 1.54) is 0 Å². The normalized spacial score (nSPS) is 10.9. The van der Waals surface area contributed by atoms with Crippen LogP contribution in [0.2, 0.25) is 0 Å². The molecule has 0 aliphatic heterocycles. The van der Waals surface area contributed by atoms with Gasteiger partial charge in [0.2, 0.25) is 5.89 Å². The van der Waals surface area contributed by atoms with Crippen molar-refractivity contribution < 1.29 is 8.83 Å². The summed E-state index contributed by atoms with van der Waals surface area (Å²) in [5, 5.41) is 11.1. The molecule has 0 radical (unpaired) electrons. The van der Waals surface area contributed by atoms with Crippen molar-refractivity contribution in [3.05, 3.63) is 23.8 Å². The zero-order valence-electron chi connectivity index (χ0n) is 9.49. The molecular formula is C11H15N3O2. The van der Waals surface area contributed by atoms with Gasteiger partial charge in [-0.3, -0.25) is 0 Å². The van der Waals surface area contributed by atoms with Gasteiger partial charge in [-0.2, -0.15) is 0 Å². The van der Waals surface area contributed by atoms with E-state index in [4.69, 9.17) is 8.83 Å². The third kappa shape index (κ3) is 2.49. The maximum absolute atomic E-state index is 5.47. The number of nitrogens with one attached hydrogen (secondary N) is 1. The van der Waals surface area contributed by atoms with Crippen molar-refractivity contribution in [1.29, 1.82) is 0 Å². The highest BCUT2D eigenvalue weighted by Gasteiger charge is 2.11. The molecule has 16 heavy (non-hydrogen) atoms. The van der Waals surface area contributed by atoms with Crippen LogP contribution in [0.1, 0.15) is 18.6 Å². The minimum atomic E-state index is 0.444. The van der Waals surface area contributed by atoms with Crippen LogP contribution in [0.25, 0.3) is 11.7 Å². The lowest BCUT2D eigenvalue weighted by Gasteiger charge is -1.95. The molecule has 1 N–H and O–H groups in total. The topological polar surface area (TPSA) is 64.1 Å². The summed E-state index contributed by atoms with van der Waals surface area (Å²) in [5.74, 6) is 2.53. The fraction of sp³-hybridized carbons (Fsp3) is 0.455. The highest BCUT2D eigenvalue weighted by molar-refractivity contribution is 5.43. The lowest BCUT2D eigenvalue weighted by atomic mass is 10.4.